The van der Waals surface area contributed by atoms with E-state index in [0.29, 0.717) is 28.6 Å². The van der Waals surface area contributed by atoms with Crippen molar-refractivity contribution < 1.29 is 9.53 Å². The summed E-state index contributed by atoms with van der Waals surface area (Å²) in [6.45, 7) is 1.27. The van der Waals surface area contributed by atoms with Gasteiger partial charge in [0.15, 0.2) is 0 Å². The second kappa shape index (κ2) is 11.1. The summed E-state index contributed by atoms with van der Waals surface area (Å²) >= 11 is 6.01. The van der Waals surface area contributed by atoms with E-state index in [2.05, 4.69) is 22.3 Å². The van der Waals surface area contributed by atoms with Crippen LogP contribution in [-0.4, -0.2) is 32.0 Å². The normalized spacial score (nSPS) is 9.88. The van der Waals surface area contributed by atoms with Gasteiger partial charge in [-0.15, -0.1) is 24.8 Å². The van der Waals surface area contributed by atoms with Crippen molar-refractivity contribution in [1.82, 2.24) is 10.2 Å². The highest BCUT2D eigenvalue weighted by atomic mass is 35.5. The zero-order valence-electron chi connectivity index (χ0n) is 14.9. The smallest absolute Gasteiger partial charge is 0.255 e. The molecule has 0 heterocycles. The summed E-state index contributed by atoms with van der Waals surface area (Å²) in [7, 11) is 5.53. The lowest BCUT2D eigenvalue weighted by Crippen LogP contribution is -2.23. The van der Waals surface area contributed by atoms with Crippen molar-refractivity contribution in [2.75, 3.05) is 26.9 Å². The molecule has 0 radical (unpaired) electrons. The minimum Gasteiger partial charge on any atom is -0.496 e. The Kier molecular flexibility index (Phi) is 10.4. The van der Waals surface area contributed by atoms with E-state index in [9.17, 15) is 4.79 Å². The third kappa shape index (κ3) is 6.57. The summed E-state index contributed by atoms with van der Waals surface area (Å²) in [4.78, 5) is 14.5. The van der Waals surface area contributed by atoms with Crippen molar-refractivity contribution in [1.29, 1.82) is 0 Å². The molecular formula is C18H24Cl3N3O2. The fourth-order valence-corrected chi connectivity index (χ4v) is 2.56. The molecule has 0 aromatic heterocycles. The predicted octanol–water partition coefficient (Wildman–Crippen LogP) is 3.77. The van der Waals surface area contributed by atoms with Gasteiger partial charge in [0.1, 0.15) is 5.75 Å². The molecule has 5 nitrogen and oxygen atoms in total. The Morgan fingerprint density at radius 3 is 2.46 bits per heavy atom. The maximum absolute atomic E-state index is 12.4. The van der Waals surface area contributed by atoms with E-state index in [0.717, 1.165) is 12.1 Å². The first kappa shape index (κ1) is 24.3. The molecule has 8 heteroatoms. The lowest BCUT2D eigenvalue weighted by Gasteiger charge is -2.13. The Hall–Kier alpha value is -1.66. The van der Waals surface area contributed by atoms with Crippen LogP contribution in [0, 0.1) is 0 Å². The van der Waals surface area contributed by atoms with Crippen molar-refractivity contribution in [2.24, 2.45) is 0 Å². The number of nitrogen functional groups attached to an aromatic ring is 1. The van der Waals surface area contributed by atoms with Crippen LogP contribution in [0.3, 0.4) is 0 Å². The van der Waals surface area contributed by atoms with Crippen LogP contribution >= 0.6 is 36.4 Å². The van der Waals surface area contributed by atoms with Gasteiger partial charge in [-0.1, -0.05) is 35.9 Å². The fourth-order valence-electron chi connectivity index (χ4n) is 2.40. The number of hydrogen-bond acceptors (Lipinski definition) is 4. The van der Waals surface area contributed by atoms with E-state index in [1.165, 1.54) is 18.7 Å². The average molecular weight is 421 g/mol. The number of nitrogens with two attached hydrogens (primary N) is 1. The number of anilines is 1. The number of nitrogens with zero attached hydrogens (tertiary/aromatic N) is 1. The number of methoxy groups -OCH3 is 1. The molecule has 0 spiro atoms. The van der Waals surface area contributed by atoms with Crippen LogP contribution < -0.4 is 15.8 Å². The highest BCUT2D eigenvalue weighted by Gasteiger charge is 2.14. The molecule has 2 rings (SSSR count). The van der Waals surface area contributed by atoms with E-state index in [1.54, 1.807) is 6.07 Å². The fraction of sp³-hybridized carbons (Fsp3) is 0.278. The molecule has 2 aromatic carbocycles. The zero-order chi connectivity index (χ0) is 17.7. The number of amides is 1. The first-order valence-electron chi connectivity index (χ1n) is 7.54. The Bertz CT molecular complexity index is 740. The number of carbonyl (C=O) groups is 1. The topological polar surface area (TPSA) is 67.6 Å². The van der Waals surface area contributed by atoms with Crippen molar-refractivity contribution in [2.45, 2.75) is 13.1 Å². The Morgan fingerprint density at radius 2 is 1.85 bits per heavy atom. The standard InChI is InChI=1S/C18H22ClN3O2.2ClH/c1-22(2)11-13-6-4-5-12(7-13)10-21-18(23)14-8-15(19)16(20)9-17(14)24-3;;/h4-9H,10-11,20H2,1-3H3,(H,21,23);2*1H. The number of nitrogens with one attached hydrogen (secondary N) is 1. The van der Waals surface area contributed by atoms with E-state index in [4.69, 9.17) is 22.1 Å². The predicted molar refractivity (Wildman–Crippen MR) is 112 cm³/mol. The monoisotopic (exact) mass is 419 g/mol. The molecule has 0 bridgehead atoms. The van der Waals surface area contributed by atoms with Gasteiger partial charge in [-0.2, -0.15) is 0 Å². The van der Waals surface area contributed by atoms with E-state index in [1.807, 2.05) is 26.2 Å². The molecule has 3 N–H and O–H groups in total. The molecule has 0 atom stereocenters. The molecular weight excluding hydrogens is 397 g/mol. The second-order valence-electron chi connectivity index (χ2n) is 5.81. The molecule has 0 saturated carbocycles. The molecule has 144 valence electrons. The van der Waals surface area contributed by atoms with Crippen LogP contribution in [0.15, 0.2) is 36.4 Å². The minimum atomic E-state index is -0.258. The van der Waals surface area contributed by atoms with E-state index in [-0.39, 0.29) is 30.7 Å². The molecule has 0 saturated heterocycles. The SMILES string of the molecule is COc1cc(N)c(Cl)cc1C(=O)NCc1cccc(CN(C)C)c1.Cl.Cl. The van der Waals surface area contributed by atoms with Crippen LogP contribution in [0.1, 0.15) is 21.5 Å². The molecule has 0 unspecified atom stereocenters. The largest absolute Gasteiger partial charge is 0.496 e. The summed E-state index contributed by atoms with van der Waals surface area (Å²) in [5.74, 6) is 0.141. The molecule has 0 aliphatic carbocycles. The first-order valence-corrected chi connectivity index (χ1v) is 7.92. The van der Waals surface area contributed by atoms with Gasteiger partial charge in [-0.25, -0.2) is 0 Å². The van der Waals surface area contributed by atoms with Gasteiger partial charge in [0, 0.05) is 19.2 Å². The van der Waals surface area contributed by atoms with Crippen LogP contribution in [-0.2, 0) is 13.1 Å². The second-order valence-corrected chi connectivity index (χ2v) is 6.22. The molecule has 0 aliphatic rings. The van der Waals surface area contributed by atoms with Crippen molar-refractivity contribution in [3.05, 3.63) is 58.1 Å². The Morgan fingerprint density at radius 1 is 1.19 bits per heavy atom. The third-order valence-electron chi connectivity index (χ3n) is 3.51. The van der Waals surface area contributed by atoms with Gasteiger partial charge in [0.25, 0.3) is 5.91 Å². The number of hydrogen-bond donors (Lipinski definition) is 2. The summed E-state index contributed by atoms with van der Waals surface area (Å²) in [5.41, 5.74) is 8.70. The first-order chi connectivity index (χ1) is 11.4. The number of halogens is 3. The molecule has 1 amide bonds. The Balaban J connectivity index is 0.00000312. The molecule has 2 aromatic rings. The number of ether oxygens (including phenoxy) is 1. The summed E-state index contributed by atoms with van der Waals surface area (Å²) in [5, 5.41) is 3.21. The quantitative estimate of drug-likeness (QED) is 0.698. The van der Waals surface area contributed by atoms with Gasteiger partial charge in [-0.05, 0) is 31.3 Å². The average Bonchev–Trinajstić information content (AvgIpc) is 2.54. The maximum Gasteiger partial charge on any atom is 0.255 e. The van der Waals surface area contributed by atoms with Crippen molar-refractivity contribution >= 4 is 48.0 Å². The zero-order valence-corrected chi connectivity index (χ0v) is 17.3. The van der Waals surface area contributed by atoms with Crippen LogP contribution in [0.5, 0.6) is 5.75 Å². The summed E-state index contributed by atoms with van der Waals surface area (Å²) in [6, 6.07) is 11.2. The van der Waals surface area contributed by atoms with Crippen LogP contribution in [0.4, 0.5) is 5.69 Å². The third-order valence-corrected chi connectivity index (χ3v) is 3.83. The highest BCUT2D eigenvalue weighted by Crippen LogP contribution is 2.28. The molecule has 26 heavy (non-hydrogen) atoms. The number of carbonyl (C=O) groups excluding carboxylic acids is 1. The number of rotatable bonds is 6. The van der Waals surface area contributed by atoms with Crippen molar-refractivity contribution in [3.8, 4) is 5.75 Å². The van der Waals surface area contributed by atoms with E-state index < -0.39 is 0 Å². The Labute approximate surface area is 171 Å². The lowest BCUT2D eigenvalue weighted by molar-refractivity contribution is 0.0948. The van der Waals surface area contributed by atoms with Crippen LogP contribution in [0.25, 0.3) is 0 Å². The molecule has 0 fully saturated rings. The summed E-state index contributed by atoms with van der Waals surface area (Å²) in [6.07, 6.45) is 0. The maximum atomic E-state index is 12.4. The van der Waals surface area contributed by atoms with Gasteiger partial charge in [-0.3, -0.25) is 4.79 Å². The molecule has 0 aliphatic heterocycles. The minimum absolute atomic E-state index is 0. The highest BCUT2D eigenvalue weighted by molar-refractivity contribution is 6.33. The van der Waals surface area contributed by atoms with Gasteiger partial charge in [0.2, 0.25) is 0 Å². The van der Waals surface area contributed by atoms with Gasteiger partial charge in [0.05, 0.1) is 23.4 Å². The number of benzene rings is 2. The lowest BCUT2D eigenvalue weighted by atomic mass is 10.1. The summed E-state index contributed by atoms with van der Waals surface area (Å²) < 4.78 is 5.21. The van der Waals surface area contributed by atoms with E-state index >= 15 is 0 Å². The van der Waals surface area contributed by atoms with Gasteiger partial charge >= 0.3 is 0 Å². The van der Waals surface area contributed by atoms with Gasteiger partial charge < -0.3 is 20.7 Å². The van der Waals surface area contributed by atoms with Crippen molar-refractivity contribution in [3.63, 3.8) is 0 Å². The van der Waals surface area contributed by atoms with Crippen LogP contribution in [0.2, 0.25) is 5.02 Å².